The van der Waals surface area contributed by atoms with Gasteiger partial charge in [0.2, 0.25) is 5.76 Å². The average molecular weight is 285 g/mol. The van der Waals surface area contributed by atoms with Gasteiger partial charge in [0.05, 0.1) is 6.54 Å². The van der Waals surface area contributed by atoms with E-state index in [0.717, 1.165) is 12.8 Å². The predicted octanol–water partition coefficient (Wildman–Crippen LogP) is 3.45. The Morgan fingerprint density at radius 2 is 2.24 bits per heavy atom. The van der Waals surface area contributed by atoms with Crippen LogP contribution in [-0.2, 0) is 13.0 Å². The van der Waals surface area contributed by atoms with Crippen LogP contribution in [0.15, 0.2) is 34.7 Å². The lowest BCUT2D eigenvalue weighted by atomic mass is 9.88. The maximum Gasteiger partial charge on any atom is 0.372 e. The molecular formula is C17H19NO3. The predicted molar refractivity (Wildman–Crippen MR) is 79.4 cm³/mol. The Hall–Kier alpha value is -2.07. The first-order chi connectivity index (χ1) is 10.1. The number of rotatable bonds is 4. The highest BCUT2D eigenvalue weighted by Gasteiger charge is 2.20. The molecule has 110 valence electrons. The summed E-state index contributed by atoms with van der Waals surface area (Å²) in [6.07, 6.45) is 3.41. The highest BCUT2D eigenvalue weighted by Crippen LogP contribution is 2.29. The maximum absolute atomic E-state index is 11.0. The van der Waals surface area contributed by atoms with Crippen LogP contribution >= 0.6 is 0 Å². The molecule has 0 radical (unpaired) electrons. The minimum atomic E-state index is -1.01. The van der Waals surface area contributed by atoms with Crippen LogP contribution in [0.1, 0.15) is 51.9 Å². The van der Waals surface area contributed by atoms with E-state index in [1.807, 2.05) is 0 Å². The minimum Gasteiger partial charge on any atom is -0.475 e. The summed E-state index contributed by atoms with van der Waals surface area (Å²) in [4.78, 5) is 11.0. The molecule has 0 saturated heterocycles. The van der Waals surface area contributed by atoms with Gasteiger partial charge in [0.25, 0.3) is 0 Å². The number of carboxylic acid groups (broad SMARTS) is 1. The van der Waals surface area contributed by atoms with Gasteiger partial charge in [-0.15, -0.1) is 0 Å². The number of hydrogen-bond acceptors (Lipinski definition) is 3. The van der Waals surface area contributed by atoms with Crippen LogP contribution in [0.5, 0.6) is 0 Å². The molecule has 2 aromatic rings. The average Bonchev–Trinajstić information content (AvgIpc) is 2.86. The second-order valence-corrected chi connectivity index (χ2v) is 5.55. The van der Waals surface area contributed by atoms with Crippen molar-refractivity contribution in [2.75, 3.05) is 0 Å². The lowest BCUT2D eigenvalue weighted by Gasteiger charge is -2.26. The molecule has 1 aromatic carbocycles. The SMILES string of the molecule is Cc1cc(CNC2CCCc3ccccc32)oc1C(=O)O. The molecule has 0 amide bonds. The van der Waals surface area contributed by atoms with Gasteiger partial charge in [-0.3, -0.25) is 0 Å². The summed E-state index contributed by atoms with van der Waals surface area (Å²) < 4.78 is 5.39. The number of fused-ring (bicyclic) bond motifs is 1. The van der Waals surface area contributed by atoms with Gasteiger partial charge in [-0.05, 0) is 43.4 Å². The molecule has 1 unspecified atom stereocenters. The quantitative estimate of drug-likeness (QED) is 0.903. The first-order valence-corrected chi connectivity index (χ1v) is 7.29. The monoisotopic (exact) mass is 285 g/mol. The Morgan fingerprint density at radius 1 is 1.43 bits per heavy atom. The first kappa shape index (κ1) is 13.9. The fraction of sp³-hybridized carbons (Fsp3) is 0.353. The number of furan rings is 1. The van der Waals surface area contributed by atoms with Gasteiger partial charge < -0.3 is 14.8 Å². The Labute approximate surface area is 123 Å². The summed E-state index contributed by atoms with van der Waals surface area (Å²) >= 11 is 0. The molecule has 0 bridgehead atoms. The zero-order chi connectivity index (χ0) is 14.8. The number of nitrogens with one attached hydrogen (secondary N) is 1. The largest absolute Gasteiger partial charge is 0.475 e. The molecule has 1 heterocycles. The summed E-state index contributed by atoms with van der Waals surface area (Å²) in [5, 5.41) is 12.5. The van der Waals surface area contributed by atoms with Crippen molar-refractivity contribution in [3.8, 4) is 0 Å². The molecule has 0 saturated carbocycles. The van der Waals surface area contributed by atoms with E-state index in [0.29, 0.717) is 23.9 Å². The molecule has 21 heavy (non-hydrogen) atoms. The van der Waals surface area contributed by atoms with Gasteiger partial charge in [0, 0.05) is 11.6 Å². The molecular weight excluding hydrogens is 266 g/mol. The zero-order valence-corrected chi connectivity index (χ0v) is 12.1. The lowest BCUT2D eigenvalue weighted by molar-refractivity contribution is 0.0659. The maximum atomic E-state index is 11.0. The molecule has 1 aliphatic carbocycles. The zero-order valence-electron chi connectivity index (χ0n) is 12.1. The van der Waals surface area contributed by atoms with Gasteiger partial charge in [0.1, 0.15) is 5.76 Å². The van der Waals surface area contributed by atoms with Gasteiger partial charge >= 0.3 is 5.97 Å². The third-order valence-electron chi connectivity index (χ3n) is 4.06. The second kappa shape index (κ2) is 5.74. The Kier molecular flexibility index (Phi) is 3.80. The van der Waals surface area contributed by atoms with Crippen molar-refractivity contribution in [3.63, 3.8) is 0 Å². The van der Waals surface area contributed by atoms with Crippen molar-refractivity contribution in [1.82, 2.24) is 5.32 Å². The van der Waals surface area contributed by atoms with E-state index in [-0.39, 0.29) is 5.76 Å². The highest BCUT2D eigenvalue weighted by atomic mass is 16.4. The number of carbonyl (C=O) groups is 1. The number of carboxylic acids is 1. The number of aryl methyl sites for hydroxylation is 2. The smallest absolute Gasteiger partial charge is 0.372 e. The summed E-state index contributed by atoms with van der Waals surface area (Å²) in [7, 11) is 0. The molecule has 3 rings (SSSR count). The van der Waals surface area contributed by atoms with Crippen LogP contribution in [0.3, 0.4) is 0 Å². The summed E-state index contributed by atoms with van der Waals surface area (Å²) in [6.45, 7) is 2.31. The van der Waals surface area contributed by atoms with Crippen molar-refractivity contribution in [1.29, 1.82) is 0 Å². The van der Waals surface area contributed by atoms with Crippen LogP contribution in [0.25, 0.3) is 0 Å². The van der Waals surface area contributed by atoms with E-state index in [4.69, 9.17) is 9.52 Å². The van der Waals surface area contributed by atoms with Gasteiger partial charge in [-0.2, -0.15) is 0 Å². The van der Waals surface area contributed by atoms with Gasteiger partial charge in [-0.1, -0.05) is 24.3 Å². The number of aromatic carboxylic acids is 1. The standard InChI is InChI=1S/C17H19NO3/c1-11-9-13(21-16(11)17(19)20)10-18-15-8-4-6-12-5-2-3-7-14(12)15/h2-3,5,7,9,15,18H,4,6,8,10H2,1H3,(H,19,20). The molecule has 0 spiro atoms. The molecule has 1 aromatic heterocycles. The lowest BCUT2D eigenvalue weighted by Crippen LogP contribution is -2.24. The van der Waals surface area contributed by atoms with Gasteiger partial charge in [0.15, 0.2) is 0 Å². The third-order valence-corrected chi connectivity index (χ3v) is 4.06. The molecule has 4 nitrogen and oxygen atoms in total. The third kappa shape index (κ3) is 2.85. The summed E-state index contributed by atoms with van der Waals surface area (Å²) in [5.41, 5.74) is 3.43. The fourth-order valence-electron chi connectivity index (χ4n) is 3.04. The van der Waals surface area contributed by atoms with Crippen molar-refractivity contribution in [2.24, 2.45) is 0 Å². The number of benzene rings is 1. The van der Waals surface area contributed by atoms with Crippen LogP contribution in [0.4, 0.5) is 0 Å². The molecule has 1 atom stereocenters. The summed E-state index contributed by atoms with van der Waals surface area (Å²) in [6, 6.07) is 10.6. The molecule has 1 aliphatic rings. The van der Waals surface area contributed by atoms with E-state index in [1.54, 1.807) is 13.0 Å². The topological polar surface area (TPSA) is 62.5 Å². The van der Waals surface area contributed by atoms with E-state index in [9.17, 15) is 4.79 Å². The Morgan fingerprint density at radius 3 is 3.00 bits per heavy atom. The summed E-state index contributed by atoms with van der Waals surface area (Å²) in [5.74, 6) is -0.300. The van der Waals surface area contributed by atoms with Crippen LogP contribution < -0.4 is 5.32 Å². The molecule has 4 heteroatoms. The van der Waals surface area contributed by atoms with E-state index in [1.165, 1.54) is 17.5 Å². The minimum absolute atomic E-state index is 0.0378. The van der Waals surface area contributed by atoms with Crippen molar-refractivity contribution >= 4 is 5.97 Å². The first-order valence-electron chi connectivity index (χ1n) is 7.29. The molecule has 0 fully saturated rings. The van der Waals surface area contributed by atoms with E-state index in [2.05, 4.69) is 29.6 Å². The number of hydrogen-bond donors (Lipinski definition) is 2. The molecule has 0 aliphatic heterocycles. The van der Waals surface area contributed by atoms with Crippen LogP contribution in [0.2, 0.25) is 0 Å². The second-order valence-electron chi connectivity index (χ2n) is 5.55. The van der Waals surface area contributed by atoms with Crippen molar-refractivity contribution in [2.45, 2.75) is 38.8 Å². The van der Waals surface area contributed by atoms with Crippen LogP contribution in [-0.4, -0.2) is 11.1 Å². The van der Waals surface area contributed by atoms with Crippen molar-refractivity contribution in [3.05, 3.63) is 58.5 Å². The van der Waals surface area contributed by atoms with Crippen LogP contribution in [0, 0.1) is 6.92 Å². The highest BCUT2D eigenvalue weighted by molar-refractivity contribution is 5.86. The molecule has 2 N–H and O–H groups in total. The normalized spacial score (nSPS) is 17.5. The van der Waals surface area contributed by atoms with Crippen molar-refractivity contribution < 1.29 is 14.3 Å². The Balaban J connectivity index is 1.71. The van der Waals surface area contributed by atoms with E-state index >= 15 is 0 Å². The van der Waals surface area contributed by atoms with E-state index < -0.39 is 5.97 Å². The fourth-order valence-corrected chi connectivity index (χ4v) is 3.04. The van der Waals surface area contributed by atoms with Gasteiger partial charge in [-0.25, -0.2) is 4.79 Å². The Bertz CT molecular complexity index is 660.